The van der Waals surface area contributed by atoms with Crippen LogP contribution in [0.3, 0.4) is 0 Å². The maximum absolute atomic E-state index is 11.9. The van der Waals surface area contributed by atoms with Crippen molar-refractivity contribution in [3.63, 3.8) is 0 Å². The Bertz CT molecular complexity index is 1110. The predicted molar refractivity (Wildman–Crippen MR) is 112 cm³/mol. The first-order valence-corrected chi connectivity index (χ1v) is 11.9. The molecular weight excluding hydrogens is 430 g/mol. The average Bonchev–Trinajstić information content (AvgIpc) is 2.62. The Morgan fingerprint density at radius 2 is 0.929 bits per heavy atom. The molecule has 0 aliphatic rings. The second-order valence-corrected chi connectivity index (χ2v) is 10.5. The van der Waals surface area contributed by atoms with Gasteiger partial charge in [-0.15, -0.1) is 0 Å². The summed E-state index contributed by atoms with van der Waals surface area (Å²) in [6, 6.07) is 20.5. The van der Waals surface area contributed by atoms with E-state index in [1.165, 1.54) is 36.4 Å². The van der Waals surface area contributed by atoms with E-state index < -0.39 is 28.2 Å². The summed E-state index contributed by atoms with van der Waals surface area (Å²) >= 11 is 0. The third-order valence-electron chi connectivity index (χ3n) is 3.78. The van der Waals surface area contributed by atoms with Crippen LogP contribution in [0.5, 0.6) is 0 Å². The first-order chi connectivity index (χ1) is 12.7. The van der Waals surface area contributed by atoms with Crippen molar-refractivity contribution in [1.29, 1.82) is 0 Å². The van der Waals surface area contributed by atoms with E-state index in [0.29, 0.717) is 5.30 Å². The number of rotatable bonds is 5. The van der Waals surface area contributed by atoms with Gasteiger partial charge in [0.2, 0.25) is 0 Å². The second-order valence-electron chi connectivity index (χ2n) is 5.56. The van der Waals surface area contributed by atoms with E-state index in [1.54, 1.807) is 42.5 Å². The van der Waals surface area contributed by atoms with Gasteiger partial charge in [0.1, 0.15) is 9.79 Å². The first-order valence-electron chi connectivity index (χ1n) is 7.68. The molecule has 0 aromatic heterocycles. The van der Waals surface area contributed by atoms with Crippen LogP contribution in [0.2, 0.25) is 0 Å². The minimum atomic E-state index is -4.54. The van der Waals surface area contributed by atoms with Crippen molar-refractivity contribution in [3.05, 3.63) is 78.9 Å². The molecular formula is C18H16NaO6PS2. The van der Waals surface area contributed by atoms with Crippen molar-refractivity contribution < 1.29 is 25.9 Å². The van der Waals surface area contributed by atoms with Crippen LogP contribution in [0.15, 0.2) is 88.7 Å². The molecule has 0 spiro atoms. The third kappa shape index (κ3) is 5.09. The monoisotopic (exact) mass is 446 g/mol. The van der Waals surface area contributed by atoms with Gasteiger partial charge in [-0.1, -0.05) is 66.7 Å². The van der Waals surface area contributed by atoms with Crippen molar-refractivity contribution in [2.45, 2.75) is 9.79 Å². The van der Waals surface area contributed by atoms with Crippen molar-refractivity contribution >= 4 is 73.6 Å². The molecule has 0 bridgehead atoms. The van der Waals surface area contributed by atoms with Crippen molar-refractivity contribution in [2.75, 3.05) is 0 Å². The van der Waals surface area contributed by atoms with Gasteiger partial charge in [0.15, 0.2) is 0 Å². The topological polar surface area (TPSA) is 109 Å². The van der Waals surface area contributed by atoms with Gasteiger partial charge in [-0.25, -0.2) is 0 Å². The molecule has 0 aliphatic carbocycles. The fraction of sp³-hybridized carbons (Fsp3) is 0. The van der Waals surface area contributed by atoms with Gasteiger partial charge >= 0.3 is 29.6 Å². The van der Waals surface area contributed by atoms with Gasteiger partial charge in [0, 0.05) is 10.6 Å². The third-order valence-corrected chi connectivity index (χ3v) is 8.47. The van der Waals surface area contributed by atoms with E-state index in [2.05, 4.69) is 0 Å². The first kappa shape index (κ1) is 23.2. The molecule has 0 saturated heterocycles. The number of hydrogen-bond acceptors (Lipinski definition) is 4. The van der Waals surface area contributed by atoms with E-state index in [0.717, 1.165) is 0 Å². The molecule has 0 heterocycles. The van der Waals surface area contributed by atoms with E-state index in [1.807, 2.05) is 0 Å². The molecule has 3 aromatic rings. The van der Waals surface area contributed by atoms with Crippen LogP contribution in [0.25, 0.3) is 0 Å². The molecule has 0 unspecified atom stereocenters. The molecule has 0 radical (unpaired) electrons. The van der Waals surface area contributed by atoms with Crippen LogP contribution in [-0.4, -0.2) is 55.5 Å². The summed E-state index contributed by atoms with van der Waals surface area (Å²) in [6.45, 7) is 0. The average molecular weight is 446 g/mol. The number of benzene rings is 3. The molecule has 3 rings (SSSR count). The van der Waals surface area contributed by atoms with Crippen LogP contribution in [-0.2, 0) is 20.2 Å². The van der Waals surface area contributed by atoms with Gasteiger partial charge in [-0.2, -0.15) is 16.8 Å². The molecule has 10 heteroatoms. The number of hydrogen-bond donors (Lipinski definition) is 2. The van der Waals surface area contributed by atoms with E-state index in [-0.39, 0.29) is 50.0 Å². The van der Waals surface area contributed by atoms with Crippen LogP contribution in [0, 0.1) is 0 Å². The zero-order valence-corrected chi connectivity index (χ0v) is 16.3. The van der Waals surface area contributed by atoms with Crippen LogP contribution >= 0.6 is 7.92 Å². The summed E-state index contributed by atoms with van der Waals surface area (Å²) in [5, 5.41) is 1.19. The Morgan fingerprint density at radius 3 is 1.32 bits per heavy atom. The van der Waals surface area contributed by atoms with Gasteiger partial charge in [0.05, 0.1) is 0 Å². The Balaban J connectivity index is 0.00000280. The SMILES string of the molecule is O=S(=O)(O)c1ccccc1P(c1ccccc1)c1ccccc1S(=O)(=O)O.[NaH]. The summed E-state index contributed by atoms with van der Waals surface area (Å²) in [4.78, 5) is -0.602. The summed E-state index contributed by atoms with van der Waals surface area (Å²) < 4.78 is 66.9. The Morgan fingerprint density at radius 1 is 0.571 bits per heavy atom. The van der Waals surface area contributed by atoms with Crippen molar-refractivity contribution in [3.8, 4) is 0 Å². The zero-order chi connectivity index (χ0) is 19.7. The van der Waals surface area contributed by atoms with E-state index in [4.69, 9.17) is 0 Å². The molecule has 0 aliphatic heterocycles. The molecule has 142 valence electrons. The standard InChI is InChI=1S/C18H15O6PS2.Na.H/c19-26(20,21)17-12-6-4-10-15(17)25(14-8-2-1-3-9-14)16-11-5-7-13-18(16)27(22,23)24;;/h1-13H,(H,19,20,21)(H,22,23,24);;. The molecule has 0 fully saturated rings. The molecule has 0 atom stereocenters. The molecule has 0 saturated carbocycles. The fourth-order valence-corrected chi connectivity index (χ4v) is 7.46. The van der Waals surface area contributed by atoms with E-state index >= 15 is 0 Å². The van der Waals surface area contributed by atoms with Gasteiger partial charge < -0.3 is 0 Å². The van der Waals surface area contributed by atoms with Gasteiger partial charge in [-0.05, 0) is 25.4 Å². The van der Waals surface area contributed by atoms with E-state index in [9.17, 15) is 25.9 Å². The van der Waals surface area contributed by atoms with Crippen LogP contribution < -0.4 is 15.9 Å². The summed E-state index contributed by atoms with van der Waals surface area (Å²) in [5.74, 6) is 0. The fourth-order valence-electron chi connectivity index (χ4n) is 2.71. The summed E-state index contributed by atoms with van der Waals surface area (Å²) in [6.07, 6.45) is 0. The Kier molecular flexibility index (Phi) is 7.58. The van der Waals surface area contributed by atoms with Gasteiger partial charge in [-0.3, -0.25) is 9.11 Å². The molecule has 0 amide bonds. The predicted octanol–water partition coefficient (Wildman–Crippen LogP) is 1.29. The summed E-state index contributed by atoms with van der Waals surface area (Å²) in [7, 11) is -10.8. The van der Waals surface area contributed by atoms with Crippen molar-refractivity contribution in [2.24, 2.45) is 0 Å². The Labute approximate surface area is 187 Å². The molecule has 2 N–H and O–H groups in total. The quantitative estimate of drug-likeness (QED) is 0.347. The van der Waals surface area contributed by atoms with Gasteiger partial charge in [0.25, 0.3) is 20.2 Å². The van der Waals surface area contributed by atoms with Crippen molar-refractivity contribution in [1.82, 2.24) is 0 Å². The molecule has 3 aromatic carbocycles. The second kappa shape index (κ2) is 9.15. The maximum atomic E-state index is 11.9. The molecule has 6 nitrogen and oxygen atoms in total. The van der Waals surface area contributed by atoms with Crippen LogP contribution in [0.1, 0.15) is 0 Å². The molecule has 28 heavy (non-hydrogen) atoms. The zero-order valence-electron chi connectivity index (χ0n) is 13.8. The minimum absolute atomic E-state index is 0. The Hall–Kier alpha value is -1.09. The normalized spacial score (nSPS) is 11.8. The summed E-state index contributed by atoms with van der Waals surface area (Å²) in [5.41, 5.74) is 0. The van der Waals surface area contributed by atoms with Crippen LogP contribution in [0.4, 0.5) is 0 Å².